The summed E-state index contributed by atoms with van der Waals surface area (Å²) in [5.74, 6) is 0.963. The molecule has 142 valence electrons. The number of aromatic nitrogens is 2. The van der Waals surface area contributed by atoms with Crippen molar-refractivity contribution in [1.82, 2.24) is 10.1 Å². The van der Waals surface area contributed by atoms with Gasteiger partial charge in [0.1, 0.15) is 11.8 Å². The Morgan fingerprint density at radius 1 is 1.14 bits per heavy atom. The predicted molar refractivity (Wildman–Crippen MR) is 105 cm³/mol. The topological polar surface area (TPSA) is 127 Å². The number of nitrogens with zero attached hydrogens (tertiary/aromatic N) is 3. The number of hydrogen-bond acceptors (Lipinski definition) is 5. The highest BCUT2D eigenvalue weighted by Crippen LogP contribution is 2.26. The fourth-order valence-electron chi connectivity index (χ4n) is 2.42. The van der Waals surface area contributed by atoms with Gasteiger partial charge in [0, 0.05) is 28.9 Å². The van der Waals surface area contributed by atoms with Gasteiger partial charge in [0.15, 0.2) is 11.4 Å². The van der Waals surface area contributed by atoms with E-state index in [1.807, 2.05) is 26.8 Å². The van der Waals surface area contributed by atoms with Crippen LogP contribution in [0, 0.1) is 11.3 Å². The van der Waals surface area contributed by atoms with Gasteiger partial charge in [0.05, 0.1) is 0 Å². The van der Waals surface area contributed by atoms with Crippen molar-refractivity contribution in [2.24, 2.45) is 0 Å². The van der Waals surface area contributed by atoms with Crippen molar-refractivity contribution in [3.8, 4) is 23.1 Å². The first-order valence-corrected chi connectivity index (χ1v) is 8.53. The largest absolute Gasteiger partial charge is 0.578 e. The highest BCUT2D eigenvalue weighted by molar-refractivity contribution is 5.99. The van der Waals surface area contributed by atoms with Crippen molar-refractivity contribution in [2.45, 2.75) is 26.2 Å². The molecule has 0 aliphatic carbocycles. The van der Waals surface area contributed by atoms with Crippen LogP contribution in [-0.2, 0) is 5.41 Å². The first kappa shape index (κ1) is 18.9. The first-order valence-electron chi connectivity index (χ1n) is 8.53. The third-order valence-electron chi connectivity index (χ3n) is 3.98. The molecule has 0 fully saturated rings. The maximum absolute atomic E-state index is 12.1. The third-order valence-corrected chi connectivity index (χ3v) is 3.98. The minimum atomic E-state index is -0.437. The molecule has 28 heavy (non-hydrogen) atoms. The van der Waals surface area contributed by atoms with Gasteiger partial charge in [-0.15, -0.1) is 0 Å². The summed E-state index contributed by atoms with van der Waals surface area (Å²) in [6.45, 7) is 5.97. The lowest BCUT2D eigenvalue weighted by atomic mass is 9.93. The summed E-state index contributed by atoms with van der Waals surface area (Å²) < 4.78 is 5.24. The monoisotopic (exact) mass is 378 g/mol. The average molecular weight is 378 g/mol. The summed E-state index contributed by atoms with van der Waals surface area (Å²) in [6, 6.07) is 11.9. The summed E-state index contributed by atoms with van der Waals surface area (Å²) >= 11 is 0. The fourth-order valence-corrected chi connectivity index (χ4v) is 2.42. The van der Waals surface area contributed by atoms with Gasteiger partial charge < -0.3 is 14.9 Å². The number of urea groups is 1. The molecule has 0 aliphatic heterocycles. The second-order valence-corrected chi connectivity index (χ2v) is 7.21. The van der Waals surface area contributed by atoms with Crippen LogP contribution in [0.5, 0.6) is 5.88 Å². The van der Waals surface area contributed by atoms with E-state index < -0.39 is 6.03 Å². The van der Waals surface area contributed by atoms with Crippen LogP contribution in [0.25, 0.3) is 11.1 Å². The third kappa shape index (κ3) is 4.27. The summed E-state index contributed by atoms with van der Waals surface area (Å²) in [4.78, 5) is 16.1. The molecule has 2 amide bonds. The minimum absolute atomic E-state index is 0.0521. The first-order chi connectivity index (χ1) is 13.3. The van der Waals surface area contributed by atoms with Gasteiger partial charge in [-0.1, -0.05) is 38.1 Å². The second-order valence-electron chi connectivity index (χ2n) is 7.21. The van der Waals surface area contributed by atoms with Gasteiger partial charge >= 0.3 is 11.9 Å². The molecule has 0 saturated heterocycles. The maximum Gasteiger partial charge on any atom is 0.375 e. The number of hydrogen-bond donors (Lipinski definition) is 2. The highest BCUT2D eigenvalue weighted by atomic mass is 16.5. The molecule has 0 aliphatic rings. The molecule has 0 atom stereocenters. The summed E-state index contributed by atoms with van der Waals surface area (Å²) in [5, 5.41) is 25.8. The Balaban J connectivity index is 1.66. The lowest BCUT2D eigenvalue weighted by molar-refractivity contribution is 0.262. The molecule has 2 aromatic heterocycles. The summed E-state index contributed by atoms with van der Waals surface area (Å²) in [6.07, 6.45) is 1.54. The number of carbonyl (C=O) groups is 1. The molecule has 0 bridgehead atoms. The van der Waals surface area contributed by atoms with Crippen molar-refractivity contribution < 1.29 is 14.4 Å². The van der Waals surface area contributed by atoms with E-state index in [0.717, 1.165) is 11.1 Å². The summed E-state index contributed by atoms with van der Waals surface area (Å²) in [5.41, 5.74) is 2.15. The Morgan fingerprint density at radius 2 is 1.86 bits per heavy atom. The molecule has 0 saturated carbocycles. The Bertz CT molecular complexity index is 1040. The number of anilines is 2. The standard InChI is InChI=1S/C20H19N5O3/c1-20(2,3)16-9-17(25-28-16)24-19(27)23-15-6-4-12(5-7-15)14-8-13(10-21)18(26)22-11-14/h4-9,11H,1-3H3,(H,22,26)(H2,23,24,25,27)/p+1. The highest BCUT2D eigenvalue weighted by Gasteiger charge is 2.20. The molecule has 0 unspecified atom stereocenters. The van der Waals surface area contributed by atoms with Gasteiger partial charge in [0.25, 0.3) is 0 Å². The van der Waals surface area contributed by atoms with Gasteiger partial charge in [-0.3, -0.25) is 5.32 Å². The van der Waals surface area contributed by atoms with E-state index in [1.54, 1.807) is 36.4 Å². The van der Waals surface area contributed by atoms with Crippen LogP contribution in [0.1, 0.15) is 32.1 Å². The van der Waals surface area contributed by atoms with Crippen LogP contribution in [-0.4, -0.2) is 21.3 Å². The number of amides is 2. The van der Waals surface area contributed by atoms with Crippen LogP contribution in [0.2, 0.25) is 0 Å². The Hall–Kier alpha value is -3.86. The van der Waals surface area contributed by atoms with E-state index >= 15 is 0 Å². The van der Waals surface area contributed by atoms with E-state index in [2.05, 4.69) is 20.8 Å². The molecule has 1 aromatic carbocycles. The van der Waals surface area contributed by atoms with Crippen LogP contribution in [0.3, 0.4) is 0 Å². The Morgan fingerprint density at radius 3 is 2.46 bits per heavy atom. The van der Waals surface area contributed by atoms with Crippen molar-refractivity contribution in [3.05, 3.63) is 53.9 Å². The number of rotatable bonds is 3. The summed E-state index contributed by atoms with van der Waals surface area (Å²) in [7, 11) is 0. The van der Waals surface area contributed by atoms with Crippen LogP contribution >= 0.6 is 0 Å². The molecule has 4 N–H and O–H groups in total. The molecule has 3 rings (SSSR count). The normalized spacial score (nSPS) is 10.9. The molecule has 0 spiro atoms. The van der Waals surface area contributed by atoms with Gasteiger partial charge in [-0.05, 0) is 23.8 Å². The smallest absolute Gasteiger partial charge is 0.375 e. The lowest BCUT2D eigenvalue weighted by Gasteiger charge is -2.12. The predicted octanol–water partition coefficient (Wildman–Crippen LogP) is 3.99. The van der Waals surface area contributed by atoms with Crippen molar-refractivity contribution in [1.29, 1.82) is 5.26 Å². The van der Waals surface area contributed by atoms with E-state index in [-0.39, 0.29) is 16.9 Å². The van der Waals surface area contributed by atoms with Crippen molar-refractivity contribution in [2.75, 3.05) is 10.6 Å². The zero-order valence-electron chi connectivity index (χ0n) is 15.7. The maximum atomic E-state index is 12.1. The number of benzene rings is 1. The SMILES string of the molecule is CC(C)(C)c1cc(NC(=O)Nc2ccc(-c3cnc([OH2+])c(C#N)c3)cc2)no1. The van der Waals surface area contributed by atoms with Gasteiger partial charge in [-0.2, -0.15) is 10.2 Å². The molecule has 0 radical (unpaired) electrons. The lowest BCUT2D eigenvalue weighted by Crippen LogP contribution is -2.19. The quantitative estimate of drug-likeness (QED) is 0.666. The number of carbonyl (C=O) groups excluding carboxylic acids is 1. The number of nitriles is 1. The molecular formula is C20H20N5O3+. The van der Waals surface area contributed by atoms with Crippen LogP contribution in [0.15, 0.2) is 47.1 Å². The molecule has 2 heterocycles. The van der Waals surface area contributed by atoms with E-state index in [4.69, 9.17) is 14.9 Å². The van der Waals surface area contributed by atoms with Crippen LogP contribution < -0.4 is 10.6 Å². The van der Waals surface area contributed by atoms with Gasteiger partial charge in [-0.25, -0.2) is 4.79 Å². The van der Waals surface area contributed by atoms with E-state index in [0.29, 0.717) is 17.3 Å². The second kappa shape index (κ2) is 7.40. The Labute approximate surface area is 161 Å². The molecule has 8 heteroatoms. The zero-order chi connectivity index (χ0) is 20.3. The van der Waals surface area contributed by atoms with E-state index in [1.165, 1.54) is 6.20 Å². The fraction of sp³-hybridized carbons (Fsp3) is 0.200. The molecular weight excluding hydrogens is 358 g/mol. The average Bonchev–Trinajstić information content (AvgIpc) is 3.11. The van der Waals surface area contributed by atoms with Crippen LogP contribution in [0.4, 0.5) is 16.3 Å². The minimum Gasteiger partial charge on any atom is -0.578 e. The number of pyridine rings is 1. The van der Waals surface area contributed by atoms with Gasteiger partial charge in [0.2, 0.25) is 0 Å². The molecule has 8 nitrogen and oxygen atoms in total. The Kier molecular flexibility index (Phi) is 5.00. The van der Waals surface area contributed by atoms with E-state index in [9.17, 15) is 4.79 Å². The number of nitrogens with one attached hydrogen (secondary N) is 2. The van der Waals surface area contributed by atoms with Crippen molar-refractivity contribution >= 4 is 17.5 Å². The molecule has 3 aromatic rings. The van der Waals surface area contributed by atoms with Crippen molar-refractivity contribution in [3.63, 3.8) is 0 Å². The zero-order valence-corrected chi connectivity index (χ0v) is 15.7.